The van der Waals surface area contributed by atoms with Gasteiger partial charge in [0, 0.05) is 17.1 Å². The van der Waals surface area contributed by atoms with Gasteiger partial charge in [0.25, 0.3) is 0 Å². The number of halogens is 1. The molecule has 1 aliphatic rings. The van der Waals surface area contributed by atoms with E-state index >= 15 is 0 Å². The summed E-state index contributed by atoms with van der Waals surface area (Å²) in [6.07, 6.45) is 1.54. The molecule has 2 atom stereocenters. The summed E-state index contributed by atoms with van der Waals surface area (Å²) < 4.78 is 33.8. The van der Waals surface area contributed by atoms with Crippen LogP contribution in [0.4, 0.5) is 0 Å². The summed E-state index contributed by atoms with van der Waals surface area (Å²) in [5, 5.41) is 0. The largest absolute Gasteiger partial charge is 0.378 e. The fourth-order valence-electron chi connectivity index (χ4n) is 2.25. The SMILES string of the molecule is Cc1ccc(Br)cc1S(=O)(=O)NC1CCOC(C)C1. The Labute approximate surface area is 122 Å². The summed E-state index contributed by atoms with van der Waals surface area (Å²) in [4.78, 5) is 0.334. The first-order valence-corrected chi connectivity index (χ1v) is 8.56. The van der Waals surface area contributed by atoms with Crippen molar-refractivity contribution in [3.63, 3.8) is 0 Å². The van der Waals surface area contributed by atoms with Gasteiger partial charge < -0.3 is 4.74 Å². The first-order valence-electron chi connectivity index (χ1n) is 6.28. The van der Waals surface area contributed by atoms with Crippen LogP contribution in [0.2, 0.25) is 0 Å². The van der Waals surface area contributed by atoms with Crippen LogP contribution >= 0.6 is 15.9 Å². The third-order valence-corrected chi connectivity index (χ3v) is 5.40. The van der Waals surface area contributed by atoms with Gasteiger partial charge in [-0.2, -0.15) is 0 Å². The molecule has 0 aliphatic carbocycles. The van der Waals surface area contributed by atoms with Crippen LogP contribution in [0.5, 0.6) is 0 Å². The summed E-state index contributed by atoms with van der Waals surface area (Å²) in [7, 11) is -3.47. The lowest BCUT2D eigenvalue weighted by Crippen LogP contribution is -2.41. The zero-order valence-corrected chi connectivity index (χ0v) is 13.4. The molecular weight excluding hydrogens is 330 g/mol. The van der Waals surface area contributed by atoms with Crippen molar-refractivity contribution in [2.24, 2.45) is 0 Å². The minimum absolute atomic E-state index is 0.0490. The molecule has 1 fully saturated rings. The van der Waals surface area contributed by atoms with E-state index in [4.69, 9.17) is 4.74 Å². The van der Waals surface area contributed by atoms with Crippen LogP contribution < -0.4 is 4.72 Å². The minimum Gasteiger partial charge on any atom is -0.378 e. The molecule has 0 spiro atoms. The topological polar surface area (TPSA) is 55.4 Å². The summed E-state index contributed by atoms with van der Waals surface area (Å²) in [6, 6.07) is 5.23. The predicted octanol–water partition coefficient (Wildman–Crippen LogP) is 2.60. The van der Waals surface area contributed by atoms with E-state index in [1.54, 1.807) is 19.1 Å². The van der Waals surface area contributed by atoms with Gasteiger partial charge in [-0.25, -0.2) is 13.1 Å². The van der Waals surface area contributed by atoms with Crippen molar-refractivity contribution in [3.05, 3.63) is 28.2 Å². The molecule has 1 aromatic carbocycles. The number of ether oxygens (including phenoxy) is 1. The Morgan fingerprint density at radius 1 is 1.42 bits per heavy atom. The molecule has 2 rings (SSSR count). The number of aryl methyl sites for hydroxylation is 1. The Kier molecular flexibility index (Phi) is 4.66. The normalized spacial score (nSPS) is 24.4. The van der Waals surface area contributed by atoms with Gasteiger partial charge in [0.2, 0.25) is 10.0 Å². The molecule has 1 aromatic rings. The third kappa shape index (κ3) is 3.78. The van der Waals surface area contributed by atoms with Crippen LogP contribution in [0.3, 0.4) is 0 Å². The highest BCUT2D eigenvalue weighted by atomic mass is 79.9. The lowest BCUT2D eigenvalue weighted by atomic mass is 10.1. The third-order valence-electron chi connectivity index (χ3n) is 3.25. The smallest absolute Gasteiger partial charge is 0.241 e. The Balaban J connectivity index is 2.20. The molecule has 19 heavy (non-hydrogen) atoms. The predicted molar refractivity (Wildman–Crippen MR) is 77.6 cm³/mol. The van der Waals surface area contributed by atoms with Crippen LogP contribution in [0.25, 0.3) is 0 Å². The first-order chi connectivity index (χ1) is 8.88. The van der Waals surface area contributed by atoms with E-state index < -0.39 is 10.0 Å². The van der Waals surface area contributed by atoms with Gasteiger partial charge in [-0.15, -0.1) is 0 Å². The number of hydrogen-bond donors (Lipinski definition) is 1. The number of sulfonamides is 1. The molecule has 1 saturated heterocycles. The van der Waals surface area contributed by atoms with Gasteiger partial charge >= 0.3 is 0 Å². The van der Waals surface area contributed by atoms with Gasteiger partial charge in [-0.3, -0.25) is 0 Å². The molecule has 2 unspecified atom stereocenters. The molecule has 1 N–H and O–H groups in total. The zero-order valence-electron chi connectivity index (χ0n) is 11.0. The maximum Gasteiger partial charge on any atom is 0.241 e. The monoisotopic (exact) mass is 347 g/mol. The molecule has 0 saturated carbocycles. The average molecular weight is 348 g/mol. The van der Waals surface area contributed by atoms with Crippen LogP contribution in [-0.2, 0) is 14.8 Å². The Morgan fingerprint density at radius 3 is 2.84 bits per heavy atom. The fraction of sp³-hybridized carbons (Fsp3) is 0.538. The molecular formula is C13H18BrNO3S. The van der Waals surface area contributed by atoms with Gasteiger partial charge in [0.1, 0.15) is 0 Å². The number of nitrogens with one attached hydrogen (secondary N) is 1. The second-order valence-electron chi connectivity index (χ2n) is 4.93. The molecule has 0 radical (unpaired) electrons. The summed E-state index contributed by atoms with van der Waals surface area (Å²) >= 11 is 3.31. The maximum absolute atomic E-state index is 12.4. The van der Waals surface area contributed by atoms with Crippen molar-refractivity contribution in [3.8, 4) is 0 Å². The van der Waals surface area contributed by atoms with E-state index in [1.807, 2.05) is 13.0 Å². The van der Waals surface area contributed by atoms with Crippen molar-refractivity contribution < 1.29 is 13.2 Å². The van der Waals surface area contributed by atoms with Crippen molar-refractivity contribution in [1.82, 2.24) is 4.72 Å². The highest BCUT2D eigenvalue weighted by Gasteiger charge is 2.26. The Bertz CT molecular complexity index is 559. The van der Waals surface area contributed by atoms with Gasteiger partial charge in [0.05, 0.1) is 11.0 Å². The van der Waals surface area contributed by atoms with Crippen molar-refractivity contribution in [2.45, 2.75) is 43.7 Å². The number of rotatable bonds is 3. The van der Waals surface area contributed by atoms with Gasteiger partial charge in [-0.05, 0) is 44.4 Å². The molecule has 0 aromatic heterocycles. The van der Waals surface area contributed by atoms with Crippen molar-refractivity contribution in [2.75, 3.05) is 6.61 Å². The molecule has 6 heteroatoms. The molecule has 106 valence electrons. The first kappa shape index (κ1) is 15.0. The van der Waals surface area contributed by atoms with Crippen LogP contribution in [0.1, 0.15) is 25.3 Å². The van der Waals surface area contributed by atoms with Crippen LogP contribution in [-0.4, -0.2) is 27.2 Å². The standard InChI is InChI=1S/C13H18BrNO3S/c1-9-3-4-11(14)8-13(9)19(16,17)15-12-5-6-18-10(2)7-12/h3-4,8,10,12,15H,5-7H2,1-2H3. The van der Waals surface area contributed by atoms with E-state index in [9.17, 15) is 8.42 Å². The van der Waals surface area contributed by atoms with E-state index in [-0.39, 0.29) is 12.1 Å². The van der Waals surface area contributed by atoms with Crippen molar-refractivity contribution in [1.29, 1.82) is 0 Å². The number of hydrogen-bond acceptors (Lipinski definition) is 3. The molecule has 4 nitrogen and oxygen atoms in total. The van der Waals surface area contributed by atoms with E-state index in [1.165, 1.54) is 0 Å². The number of benzene rings is 1. The molecule has 1 heterocycles. The Hall–Kier alpha value is -0.430. The molecule has 0 amide bonds. The zero-order chi connectivity index (χ0) is 14.0. The lowest BCUT2D eigenvalue weighted by molar-refractivity contribution is 0.0173. The quantitative estimate of drug-likeness (QED) is 0.914. The lowest BCUT2D eigenvalue weighted by Gasteiger charge is -2.27. The fourth-order valence-corrected chi connectivity index (χ4v) is 4.32. The van der Waals surface area contributed by atoms with Gasteiger partial charge in [-0.1, -0.05) is 22.0 Å². The van der Waals surface area contributed by atoms with Crippen LogP contribution in [0.15, 0.2) is 27.6 Å². The summed E-state index contributed by atoms with van der Waals surface area (Å²) in [5.74, 6) is 0. The second-order valence-corrected chi connectivity index (χ2v) is 7.53. The van der Waals surface area contributed by atoms with E-state index in [0.29, 0.717) is 17.9 Å². The minimum atomic E-state index is -3.47. The second kappa shape index (κ2) is 5.91. The van der Waals surface area contributed by atoms with Gasteiger partial charge in [0.15, 0.2) is 0 Å². The summed E-state index contributed by atoms with van der Waals surface area (Å²) in [6.45, 7) is 4.37. The highest BCUT2D eigenvalue weighted by Crippen LogP contribution is 2.22. The van der Waals surface area contributed by atoms with E-state index in [2.05, 4.69) is 20.7 Å². The summed E-state index contributed by atoms with van der Waals surface area (Å²) in [5.41, 5.74) is 0.746. The molecule has 1 aliphatic heterocycles. The van der Waals surface area contributed by atoms with Crippen molar-refractivity contribution >= 4 is 26.0 Å². The Morgan fingerprint density at radius 2 is 2.16 bits per heavy atom. The van der Waals surface area contributed by atoms with E-state index in [0.717, 1.165) is 16.5 Å². The maximum atomic E-state index is 12.4. The van der Waals surface area contributed by atoms with Crippen LogP contribution in [0, 0.1) is 6.92 Å². The average Bonchev–Trinajstić information content (AvgIpc) is 2.31. The molecule has 0 bridgehead atoms. The highest BCUT2D eigenvalue weighted by molar-refractivity contribution is 9.10.